The van der Waals surface area contributed by atoms with Crippen LogP contribution in [0.25, 0.3) is 0 Å². The van der Waals surface area contributed by atoms with E-state index in [-0.39, 0.29) is 24.8 Å². The monoisotopic (exact) mass is 622 g/mol. The molecule has 0 radical (unpaired) electrons. The van der Waals surface area contributed by atoms with Crippen molar-refractivity contribution >= 4 is 18.5 Å². The molecule has 1 saturated carbocycles. The van der Waals surface area contributed by atoms with Crippen LogP contribution < -0.4 is 5.32 Å². The van der Waals surface area contributed by atoms with Crippen LogP contribution in [-0.4, -0.2) is 65.9 Å². The van der Waals surface area contributed by atoms with Crippen molar-refractivity contribution < 1.29 is 13.6 Å². The Morgan fingerprint density at radius 3 is 2.11 bits per heavy atom. The lowest BCUT2D eigenvalue weighted by molar-refractivity contribution is -0.115. The summed E-state index contributed by atoms with van der Waals surface area (Å²) in [6.07, 6.45) is 9.82. The van der Waals surface area contributed by atoms with Crippen molar-refractivity contribution in [2.75, 3.05) is 13.6 Å². The third-order valence-electron chi connectivity index (χ3n) is 8.61. The van der Waals surface area contributed by atoms with Crippen molar-refractivity contribution in [2.45, 2.75) is 150 Å². The molecule has 4 unspecified atom stereocenters. The minimum Gasteiger partial charge on any atom is -0.319 e. The van der Waals surface area contributed by atoms with Gasteiger partial charge >= 0.3 is 0 Å². The van der Waals surface area contributed by atoms with E-state index in [9.17, 15) is 13.6 Å². The summed E-state index contributed by atoms with van der Waals surface area (Å²) in [6, 6.07) is 12.4. The highest BCUT2D eigenvalue weighted by atomic mass is 19.3. The topological polar surface area (TPSA) is 83.3 Å². The minimum atomic E-state index is -2.50. The molecule has 1 aromatic carbocycles. The predicted molar refractivity (Wildman–Crippen MR) is 184 cm³/mol. The Kier molecular flexibility index (Phi) is 22.0. The number of nitrogens with one attached hydrogen (secondary N) is 3. The van der Waals surface area contributed by atoms with Crippen LogP contribution in [-0.2, 0) is 4.79 Å². The van der Waals surface area contributed by atoms with Crippen LogP contribution in [0.5, 0.6) is 0 Å². The van der Waals surface area contributed by atoms with E-state index in [1.54, 1.807) is 11.8 Å². The second-order valence-electron chi connectivity index (χ2n) is 12.6. The molecule has 1 aromatic rings. The number of likely N-dealkylation sites (tertiary alicyclic amines) is 1. The van der Waals surface area contributed by atoms with Crippen molar-refractivity contribution in [1.82, 2.24) is 15.1 Å². The molecule has 2 aliphatic rings. The Balaban J connectivity index is 0.000000838. The van der Waals surface area contributed by atoms with Crippen LogP contribution in [0.15, 0.2) is 30.3 Å². The number of aldehydes is 1. The number of carbonyl (C=O) groups excluding carboxylic acids is 1. The maximum atomic E-state index is 12.4. The van der Waals surface area contributed by atoms with Gasteiger partial charge in [-0.1, -0.05) is 77.8 Å². The average Bonchev–Trinajstić information content (AvgIpc) is 3.34. The van der Waals surface area contributed by atoms with Crippen LogP contribution in [0.2, 0.25) is 0 Å². The summed E-state index contributed by atoms with van der Waals surface area (Å²) >= 11 is 0. The summed E-state index contributed by atoms with van der Waals surface area (Å²) in [5.74, 6) is -1.27. The highest BCUT2D eigenvalue weighted by Crippen LogP contribution is 2.35. The van der Waals surface area contributed by atoms with Crippen molar-refractivity contribution in [3.8, 4) is 0 Å². The molecule has 2 fully saturated rings. The summed E-state index contributed by atoms with van der Waals surface area (Å²) in [5, 5.41) is 18.9. The molecule has 8 heteroatoms. The Hall–Kier alpha value is -2.19. The summed E-state index contributed by atoms with van der Waals surface area (Å²) in [4.78, 5) is 14.5. The number of hydrogen-bond acceptors (Lipinski definition) is 5. The molecule has 254 valence electrons. The Morgan fingerprint density at radius 2 is 1.68 bits per heavy atom. The van der Waals surface area contributed by atoms with Gasteiger partial charge in [-0.25, -0.2) is 8.78 Å². The lowest BCUT2D eigenvalue weighted by Crippen LogP contribution is -2.43. The zero-order valence-electron chi connectivity index (χ0n) is 29.3. The SMILES string of the molecule is CC.CCCC(C)C.CNC(CCN1C(C)CCC1CC(C)N(C=N)C(C)=N)c1ccccc1.O=CC1CCC(F)(F)CC1. The molecule has 1 aliphatic carbocycles. The van der Waals surface area contributed by atoms with Gasteiger partial charge in [-0.2, -0.15) is 0 Å². The number of nitrogens with zero attached hydrogens (tertiary/aromatic N) is 2. The second kappa shape index (κ2) is 23.2. The molecule has 0 spiro atoms. The van der Waals surface area contributed by atoms with Crippen LogP contribution >= 0.6 is 0 Å². The molecule has 44 heavy (non-hydrogen) atoms. The van der Waals surface area contributed by atoms with Crippen molar-refractivity contribution in [1.29, 1.82) is 10.8 Å². The van der Waals surface area contributed by atoms with Gasteiger partial charge in [-0.15, -0.1) is 0 Å². The zero-order chi connectivity index (χ0) is 33.7. The summed E-state index contributed by atoms with van der Waals surface area (Å²) in [6.45, 7) is 18.0. The molecular formula is C36H65F2N5O. The predicted octanol–water partition coefficient (Wildman–Crippen LogP) is 9.35. The number of hydrogen-bond donors (Lipinski definition) is 3. The van der Waals surface area contributed by atoms with Crippen molar-refractivity contribution in [3.05, 3.63) is 35.9 Å². The van der Waals surface area contributed by atoms with Gasteiger partial charge in [-0.3, -0.25) is 15.7 Å². The minimum absolute atomic E-state index is 0.111. The van der Waals surface area contributed by atoms with E-state index in [0.717, 1.165) is 31.6 Å². The second-order valence-corrected chi connectivity index (χ2v) is 12.6. The lowest BCUT2D eigenvalue weighted by Gasteiger charge is -2.34. The van der Waals surface area contributed by atoms with Crippen LogP contribution in [0.3, 0.4) is 0 Å². The Labute approximate surface area is 268 Å². The average molecular weight is 622 g/mol. The van der Waals surface area contributed by atoms with Gasteiger partial charge in [0.2, 0.25) is 5.92 Å². The standard InChI is InChI=1S/C21H35N5.C7H10F2O.C6H14.C2H6/c1-16-10-11-20(14-17(2)26(15-22)18(3)23)25(16)13-12-21(24-4)19-8-6-5-7-9-19;8-7(9)3-1-6(5-10)2-4-7;1-4-5-6(2)3;1-2/h5-9,15-17,20-24H,10-14H2,1-4H3;5-6H,1-4H2;6H,4-5H2,1-3H3;1-2H3. The van der Waals surface area contributed by atoms with E-state index >= 15 is 0 Å². The highest BCUT2D eigenvalue weighted by Gasteiger charge is 2.35. The molecule has 0 aromatic heterocycles. The van der Waals surface area contributed by atoms with Gasteiger partial charge in [0, 0.05) is 49.5 Å². The zero-order valence-corrected chi connectivity index (χ0v) is 29.3. The molecule has 1 heterocycles. The fraction of sp³-hybridized carbons (Fsp3) is 0.750. The first-order valence-electron chi connectivity index (χ1n) is 17.0. The molecule has 3 rings (SSSR count). The summed E-state index contributed by atoms with van der Waals surface area (Å²) in [5.41, 5.74) is 1.35. The van der Waals surface area contributed by atoms with E-state index in [0.29, 0.717) is 36.8 Å². The molecule has 6 nitrogen and oxygen atoms in total. The van der Waals surface area contributed by atoms with E-state index in [4.69, 9.17) is 10.8 Å². The number of benzene rings is 1. The fourth-order valence-corrected chi connectivity index (χ4v) is 6.06. The van der Waals surface area contributed by atoms with Crippen LogP contribution in [0, 0.1) is 22.7 Å². The maximum Gasteiger partial charge on any atom is 0.248 e. The molecular weight excluding hydrogens is 556 g/mol. The number of carbonyl (C=O) groups is 1. The van der Waals surface area contributed by atoms with Crippen molar-refractivity contribution in [2.24, 2.45) is 11.8 Å². The van der Waals surface area contributed by atoms with E-state index in [1.807, 2.05) is 20.9 Å². The van der Waals surface area contributed by atoms with Gasteiger partial charge in [0.05, 0.1) is 12.2 Å². The van der Waals surface area contributed by atoms with E-state index in [1.165, 1.54) is 37.6 Å². The largest absolute Gasteiger partial charge is 0.319 e. The first-order chi connectivity index (χ1) is 20.9. The maximum absolute atomic E-state index is 12.4. The van der Waals surface area contributed by atoms with Crippen molar-refractivity contribution in [3.63, 3.8) is 0 Å². The molecule has 3 N–H and O–H groups in total. The van der Waals surface area contributed by atoms with Crippen LogP contribution in [0.4, 0.5) is 8.78 Å². The fourth-order valence-electron chi connectivity index (χ4n) is 6.06. The van der Waals surface area contributed by atoms with E-state index < -0.39 is 5.92 Å². The third-order valence-corrected chi connectivity index (χ3v) is 8.61. The first-order valence-corrected chi connectivity index (χ1v) is 17.0. The summed E-state index contributed by atoms with van der Waals surface area (Å²) < 4.78 is 24.8. The highest BCUT2D eigenvalue weighted by molar-refractivity contribution is 5.87. The number of halogens is 2. The molecule has 4 atom stereocenters. The first kappa shape index (κ1) is 41.8. The Bertz CT molecular complexity index is 888. The van der Waals surface area contributed by atoms with Gasteiger partial charge in [0.1, 0.15) is 6.29 Å². The summed E-state index contributed by atoms with van der Waals surface area (Å²) in [7, 11) is 2.04. The number of rotatable bonds is 12. The van der Waals surface area contributed by atoms with Crippen LogP contribution in [0.1, 0.15) is 131 Å². The molecule has 0 amide bonds. The van der Waals surface area contributed by atoms with Gasteiger partial charge in [0.15, 0.2) is 0 Å². The molecule has 1 saturated heterocycles. The number of alkyl halides is 2. The van der Waals surface area contributed by atoms with E-state index in [2.05, 4.69) is 75.2 Å². The Morgan fingerprint density at radius 1 is 1.09 bits per heavy atom. The normalized spacial score (nSPS) is 20.9. The molecule has 0 bridgehead atoms. The molecule has 1 aliphatic heterocycles. The quantitative estimate of drug-likeness (QED) is 0.123. The number of amidine groups is 1. The smallest absolute Gasteiger partial charge is 0.248 e. The van der Waals surface area contributed by atoms with Gasteiger partial charge in [-0.05, 0) is 77.8 Å². The van der Waals surface area contributed by atoms with Gasteiger partial charge in [0.25, 0.3) is 0 Å². The van der Waals surface area contributed by atoms with Gasteiger partial charge < -0.3 is 15.0 Å². The third kappa shape index (κ3) is 16.2. The lowest BCUT2D eigenvalue weighted by atomic mass is 9.88.